The van der Waals surface area contributed by atoms with Crippen molar-refractivity contribution in [2.75, 3.05) is 7.11 Å². The molecule has 0 spiro atoms. The van der Waals surface area contributed by atoms with Crippen LogP contribution in [-0.2, 0) is 19.9 Å². The Kier molecular flexibility index (Phi) is 6.92. The molecule has 1 aromatic rings. The van der Waals surface area contributed by atoms with E-state index in [0.717, 1.165) is 26.2 Å². The summed E-state index contributed by atoms with van der Waals surface area (Å²) in [5.41, 5.74) is -3.80. The molecule has 0 aliphatic carbocycles. The summed E-state index contributed by atoms with van der Waals surface area (Å²) in [7, 11) is 0.727. The molecule has 1 amide bonds. The molecule has 0 radical (unpaired) electrons. The van der Waals surface area contributed by atoms with Crippen molar-refractivity contribution in [2.24, 2.45) is 0 Å². The molecule has 0 aliphatic rings. The average molecular weight is 365 g/mol. The number of carbonyl (C=O) groups excluding carboxylic acids is 1. The second kappa shape index (κ2) is 8.28. The summed E-state index contributed by atoms with van der Waals surface area (Å²) in [6.07, 6.45) is -7.73. The predicted octanol–water partition coefficient (Wildman–Crippen LogP) is 2.80. The molecule has 140 valence electrons. The number of methoxy groups -OCH3 is 1. The number of hydrogen-bond donors (Lipinski definition) is 2. The highest BCUT2D eigenvalue weighted by atomic mass is 19.4. The quantitative estimate of drug-likeness (QED) is 0.695. The van der Waals surface area contributed by atoms with E-state index in [9.17, 15) is 27.2 Å². The van der Waals surface area contributed by atoms with Crippen molar-refractivity contribution in [2.45, 2.75) is 43.8 Å². The van der Waals surface area contributed by atoms with Crippen molar-refractivity contribution in [1.82, 2.24) is 5.32 Å². The fraction of sp³-hybridized carbons (Fsp3) is 0.500. The Morgan fingerprint density at radius 2 is 1.80 bits per heavy atom. The van der Waals surface area contributed by atoms with Crippen molar-refractivity contribution in [3.63, 3.8) is 0 Å². The average Bonchev–Trinajstić information content (AvgIpc) is 2.51. The summed E-state index contributed by atoms with van der Waals surface area (Å²) >= 11 is 0. The fourth-order valence-electron chi connectivity index (χ4n) is 2.39. The summed E-state index contributed by atoms with van der Waals surface area (Å²) in [6, 6.07) is 4.83. The van der Waals surface area contributed by atoms with E-state index in [-0.39, 0.29) is 6.42 Å². The van der Waals surface area contributed by atoms with Gasteiger partial charge in [0.2, 0.25) is 0 Å². The number of rotatable bonds is 8. The second-order valence-corrected chi connectivity index (χ2v) is 5.44. The minimum absolute atomic E-state index is 0.356. The lowest BCUT2D eigenvalue weighted by Gasteiger charge is -2.35. The van der Waals surface area contributed by atoms with E-state index in [4.69, 9.17) is 5.11 Å². The number of halogens is 4. The Morgan fingerprint density at radius 1 is 1.24 bits per heavy atom. The van der Waals surface area contributed by atoms with Crippen molar-refractivity contribution < 1.29 is 37.0 Å². The van der Waals surface area contributed by atoms with Gasteiger partial charge in [-0.3, -0.25) is 9.59 Å². The minimum Gasteiger partial charge on any atom is -0.481 e. The van der Waals surface area contributed by atoms with Gasteiger partial charge in [-0.05, 0) is 13.3 Å². The second-order valence-electron chi connectivity index (χ2n) is 5.44. The molecule has 0 aliphatic heterocycles. The first-order valence-electron chi connectivity index (χ1n) is 7.40. The standard InChI is InChI=1S/C16H19F4NO4/c1-10(17)12(8-9-13(22)23)21-14(24)15(25-2,16(18,19)20)11-6-4-3-5-7-11/h3-7,10,12H,8-9H2,1-2H3,(H,21,24)(H,22,23)/t10-,12-,15-/m0/s1. The summed E-state index contributed by atoms with van der Waals surface area (Å²) < 4.78 is 59.3. The first kappa shape index (κ1) is 20.9. The zero-order chi connectivity index (χ0) is 19.3. The predicted molar refractivity (Wildman–Crippen MR) is 80.6 cm³/mol. The number of carboxylic acids is 1. The lowest BCUT2D eigenvalue weighted by atomic mass is 9.90. The molecule has 0 saturated heterocycles. The van der Waals surface area contributed by atoms with Crippen LogP contribution in [0.4, 0.5) is 17.6 Å². The van der Waals surface area contributed by atoms with Gasteiger partial charge in [0.05, 0.1) is 6.04 Å². The van der Waals surface area contributed by atoms with E-state index in [0.29, 0.717) is 0 Å². The van der Waals surface area contributed by atoms with Gasteiger partial charge < -0.3 is 15.2 Å². The number of carboxylic acid groups (broad SMARTS) is 1. The molecule has 5 nitrogen and oxygen atoms in total. The zero-order valence-corrected chi connectivity index (χ0v) is 13.6. The number of amides is 1. The van der Waals surface area contributed by atoms with Crippen molar-refractivity contribution in [1.29, 1.82) is 0 Å². The smallest absolute Gasteiger partial charge is 0.430 e. The Balaban J connectivity index is 3.22. The van der Waals surface area contributed by atoms with Gasteiger partial charge in [-0.25, -0.2) is 4.39 Å². The molecular weight excluding hydrogens is 346 g/mol. The number of benzene rings is 1. The van der Waals surface area contributed by atoms with Gasteiger partial charge in [0.1, 0.15) is 6.17 Å². The van der Waals surface area contributed by atoms with E-state index in [1.165, 1.54) is 18.2 Å². The van der Waals surface area contributed by atoms with Crippen LogP contribution in [0.1, 0.15) is 25.3 Å². The van der Waals surface area contributed by atoms with E-state index in [2.05, 4.69) is 4.74 Å². The Morgan fingerprint density at radius 3 is 2.20 bits per heavy atom. The van der Waals surface area contributed by atoms with Crippen LogP contribution < -0.4 is 5.32 Å². The molecule has 25 heavy (non-hydrogen) atoms. The molecule has 3 atom stereocenters. The summed E-state index contributed by atoms with van der Waals surface area (Å²) in [5.74, 6) is -2.86. The Bertz CT molecular complexity index is 592. The number of aliphatic carboxylic acids is 1. The normalized spacial score (nSPS) is 16.6. The third-order valence-electron chi connectivity index (χ3n) is 3.75. The van der Waals surface area contributed by atoms with Gasteiger partial charge >= 0.3 is 12.1 Å². The van der Waals surface area contributed by atoms with E-state index in [1.807, 2.05) is 5.32 Å². The highest BCUT2D eigenvalue weighted by Gasteiger charge is 2.62. The van der Waals surface area contributed by atoms with E-state index < -0.39 is 47.9 Å². The summed E-state index contributed by atoms with van der Waals surface area (Å²) in [6.45, 7) is 1.03. The molecule has 0 unspecified atom stereocenters. The number of alkyl halides is 4. The maximum atomic E-state index is 13.7. The van der Waals surface area contributed by atoms with E-state index in [1.54, 1.807) is 0 Å². The van der Waals surface area contributed by atoms with Crippen LogP contribution in [0, 0.1) is 0 Å². The zero-order valence-electron chi connectivity index (χ0n) is 13.6. The molecule has 9 heteroatoms. The number of hydrogen-bond acceptors (Lipinski definition) is 3. The molecule has 0 bridgehead atoms. The maximum absolute atomic E-state index is 13.7. The number of carbonyl (C=O) groups is 2. The van der Waals surface area contributed by atoms with Crippen LogP contribution in [0.3, 0.4) is 0 Å². The van der Waals surface area contributed by atoms with Gasteiger partial charge in [-0.2, -0.15) is 13.2 Å². The highest BCUT2D eigenvalue weighted by Crippen LogP contribution is 2.42. The minimum atomic E-state index is -5.12. The van der Waals surface area contributed by atoms with Gasteiger partial charge in [-0.15, -0.1) is 0 Å². The van der Waals surface area contributed by atoms with Gasteiger partial charge in [0, 0.05) is 19.1 Å². The molecule has 0 saturated carbocycles. The van der Waals surface area contributed by atoms with Gasteiger partial charge in [-0.1, -0.05) is 30.3 Å². The van der Waals surface area contributed by atoms with Crippen molar-refractivity contribution >= 4 is 11.9 Å². The Hall–Kier alpha value is -2.16. The first-order chi connectivity index (χ1) is 11.6. The summed E-state index contributed by atoms with van der Waals surface area (Å²) in [4.78, 5) is 23.0. The maximum Gasteiger partial charge on any atom is 0.430 e. The van der Waals surface area contributed by atoms with Gasteiger partial charge in [0.15, 0.2) is 0 Å². The molecule has 0 fully saturated rings. The highest BCUT2D eigenvalue weighted by molar-refractivity contribution is 5.88. The number of nitrogens with one attached hydrogen (secondary N) is 1. The topological polar surface area (TPSA) is 75.6 Å². The molecular formula is C16H19F4NO4. The van der Waals surface area contributed by atoms with Crippen LogP contribution >= 0.6 is 0 Å². The lowest BCUT2D eigenvalue weighted by molar-refractivity contribution is -0.266. The van der Waals surface area contributed by atoms with Crippen molar-refractivity contribution in [3.8, 4) is 0 Å². The fourth-order valence-corrected chi connectivity index (χ4v) is 2.39. The molecule has 1 rings (SSSR count). The lowest BCUT2D eigenvalue weighted by Crippen LogP contribution is -2.58. The van der Waals surface area contributed by atoms with Gasteiger partial charge in [0.25, 0.3) is 11.5 Å². The van der Waals surface area contributed by atoms with Crippen LogP contribution in [0.5, 0.6) is 0 Å². The monoisotopic (exact) mass is 365 g/mol. The largest absolute Gasteiger partial charge is 0.481 e. The van der Waals surface area contributed by atoms with Crippen LogP contribution in [-0.4, -0.2) is 42.5 Å². The van der Waals surface area contributed by atoms with Crippen LogP contribution in [0.2, 0.25) is 0 Å². The third kappa shape index (κ3) is 4.68. The van der Waals surface area contributed by atoms with Crippen LogP contribution in [0.25, 0.3) is 0 Å². The SMILES string of the molecule is CO[C@](C(=O)N[C@@H](CCC(=O)O)[C@H](C)F)(c1ccccc1)C(F)(F)F. The Labute approximate surface area is 142 Å². The molecule has 1 aromatic carbocycles. The number of ether oxygens (including phenoxy) is 1. The molecule has 0 heterocycles. The first-order valence-corrected chi connectivity index (χ1v) is 7.40. The molecule has 0 aromatic heterocycles. The third-order valence-corrected chi connectivity index (χ3v) is 3.75. The van der Waals surface area contributed by atoms with Crippen molar-refractivity contribution in [3.05, 3.63) is 35.9 Å². The summed E-state index contributed by atoms with van der Waals surface area (Å²) in [5, 5.41) is 10.6. The van der Waals surface area contributed by atoms with Crippen LogP contribution in [0.15, 0.2) is 30.3 Å². The molecule has 2 N–H and O–H groups in total. The van der Waals surface area contributed by atoms with E-state index >= 15 is 0 Å².